The minimum atomic E-state index is -0.211. The van der Waals surface area contributed by atoms with E-state index in [1.54, 1.807) is 0 Å². The fourth-order valence-corrected chi connectivity index (χ4v) is 1.99. The molecule has 1 rings (SSSR count). The molecule has 0 aromatic heterocycles. The van der Waals surface area contributed by atoms with Gasteiger partial charge in [0.25, 0.3) is 0 Å². The number of nitrogens with two attached hydrogens (primary N) is 1. The van der Waals surface area contributed by atoms with Crippen LogP contribution in [0.15, 0.2) is 22.7 Å². The SMILES string of the molecule is CCCC(N)CCc1ccc(F)c(Br)c1. The minimum Gasteiger partial charge on any atom is -0.328 e. The van der Waals surface area contributed by atoms with Gasteiger partial charge in [0, 0.05) is 6.04 Å². The lowest BCUT2D eigenvalue weighted by molar-refractivity contribution is 0.560. The Morgan fingerprint density at radius 2 is 2.13 bits per heavy atom. The molecule has 1 atom stereocenters. The molecule has 0 amide bonds. The van der Waals surface area contributed by atoms with Crippen LogP contribution in [0.3, 0.4) is 0 Å². The lowest BCUT2D eigenvalue weighted by Gasteiger charge is -2.10. The Morgan fingerprint density at radius 3 is 2.73 bits per heavy atom. The minimum absolute atomic E-state index is 0.211. The van der Waals surface area contributed by atoms with Gasteiger partial charge in [0.15, 0.2) is 0 Å². The van der Waals surface area contributed by atoms with Crippen molar-refractivity contribution < 1.29 is 4.39 Å². The first-order valence-electron chi connectivity index (χ1n) is 5.33. The summed E-state index contributed by atoms with van der Waals surface area (Å²) < 4.78 is 13.5. The van der Waals surface area contributed by atoms with E-state index >= 15 is 0 Å². The largest absolute Gasteiger partial charge is 0.328 e. The van der Waals surface area contributed by atoms with Crippen LogP contribution in [-0.4, -0.2) is 6.04 Å². The highest BCUT2D eigenvalue weighted by Gasteiger charge is 2.04. The summed E-state index contributed by atoms with van der Waals surface area (Å²) >= 11 is 3.18. The second-order valence-electron chi connectivity index (χ2n) is 3.84. The zero-order valence-electron chi connectivity index (χ0n) is 8.97. The molecule has 0 saturated heterocycles. The van der Waals surface area contributed by atoms with Crippen molar-refractivity contribution in [2.75, 3.05) is 0 Å². The zero-order valence-corrected chi connectivity index (χ0v) is 10.6. The quantitative estimate of drug-likeness (QED) is 0.871. The Morgan fingerprint density at radius 1 is 1.40 bits per heavy atom. The highest BCUT2D eigenvalue weighted by molar-refractivity contribution is 9.10. The maximum atomic E-state index is 12.9. The van der Waals surface area contributed by atoms with E-state index in [4.69, 9.17) is 5.73 Å². The molecular weight excluding hydrogens is 257 g/mol. The van der Waals surface area contributed by atoms with Crippen LogP contribution in [0, 0.1) is 5.82 Å². The third kappa shape index (κ3) is 4.31. The van der Waals surface area contributed by atoms with E-state index in [0.717, 1.165) is 31.2 Å². The second kappa shape index (κ2) is 6.23. The first-order valence-corrected chi connectivity index (χ1v) is 6.12. The summed E-state index contributed by atoms with van der Waals surface area (Å²) in [6.45, 7) is 2.13. The molecule has 15 heavy (non-hydrogen) atoms. The average Bonchev–Trinajstić information content (AvgIpc) is 2.20. The monoisotopic (exact) mass is 273 g/mol. The van der Waals surface area contributed by atoms with E-state index < -0.39 is 0 Å². The van der Waals surface area contributed by atoms with Crippen LogP contribution in [0.1, 0.15) is 31.7 Å². The Balaban J connectivity index is 2.47. The summed E-state index contributed by atoms with van der Waals surface area (Å²) in [5.41, 5.74) is 7.05. The summed E-state index contributed by atoms with van der Waals surface area (Å²) in [7, 11) is 0. The van der Waals surface area contributed by atoms with Crippen LogP contribution < -0.4 is 5.73 Å². The molecular formula is C12H17BrFN. The zero-order chi connectivity index (χ0) is 11.3. The van der Waals surface area contributed by atoms with Gasteiger partial charge >= 0.3 is 0 Å². The number of hydrogen-bond donors (Lipinski definition) is 1. The predicted molar refractivity (Wildman–Crippen MR) is 65.3 cm³/mol. The van der Waals surface area contributed by atoms with Gasteiger partial charge in [-0.1, -0.05) is 19.4 Å². The Kier molecular flexibility index (Phi) is 5.26. The lowest BCUT2D eigenvalue weighted by atomic mass is 10.0. The summed E-state index contributed by atoms with van der Waals surface area (Å²) in [6, 6.07) is 5.40. The van der Waals surface area contributed by atoms with Crippen molar-refractivity contribution in [3.63, 3.8) is 0 Å². The Hall–Kier alpha value is -0.410. The molecule has 2 N–H and O–H groups in total. The van der Waals surface area contributed by atoms with Gasteiger partial charge in [-0.2, -0.15) is 0 Å². The van der Waals surface area contributed by atoms with Crippen LogP contribution in [0.4, 0.5) is 4.39 Å². The van der Waals surface area contributed by atoms with Crippen LogP contribution in [0.25, 0.3) is 0 Å². The standard InChI is InChI=1S/C12H17BrFN/c1-2-3-10(15)6-4-9-5-7-12(14)11(13)8-9/h5,7-8,10H,2-4,6,15H2,1H3. The van der Waals surface area contributed by atoms with Crippen molar-refractivity contribution in [1.29, 1.82) is 0 Å². The first-order chi connectivity index (χ1) is 7.13. The molecule has 3 heteroatoms. The molecule has 0 aliphatic carbocycles. The van der Waals surface area contributed by atoms with Gasteiger partial charge in [-0.3, -0.25) is 0 Å². The molecule has 0 heterocycles. The van der Waals surface area contributed by atoms with E-state index in [-0.39, 0.29) is 11.9 Å². The summed E-state index contributed by atoms with van der Waals surface area (Å²) in [5.74, 6) is -0.211. The molecule has 0 radical (unpaired) electrons. The summed E-state index contributed by atoms with van der Waals surface area (Å²) in [5, 5.41) is 0. The Labute approximate surface area is 99.0 Å². The molecule has 0 saturated carbocycles. The van der Waals surface area contributed by atoms with Gasteiger partial charge in [0.1, 0.15) is 5.82 Å². The number of hydrogen-bond acceptors (Lipinski definition) is 1. The molecule has 0 spiro atoms. The van der Waals surface area contributed by atoms with Gasteiger partial charge in [-0.05, 0) is 52.9 Å². The second-order valence-corrected chi connectivity index (χ2v) is 4.69. The number of halogens is 2. The van der Waals surface area contributed by atoms with Crippen molar-refractivity contribution in [2.24, 2.45) is 5.73 Å². The Bertz CT molecular complexity index is 314. The molecule has 1 aromatic rings. The van der Waals surface area contributed by atoms with E-state index in [2.05, 4.69) is 22.9 Å². The molecule has 0 fully saturated rings. The van der Waals surface area contributed by atoms with Crippen LogP contribution in [0.5, 0.6) is 0 Å². The van der Waals surface area contributed by atoms with Gasteiger partial charge in [0.2, 0.25) is 0 Å². The van der Waals surface area contributed by atoms with Gasteiger partial charge in [0.05, 0.1) is 4.47 Å². The van der Waals surface area contributed by atoms with Crippen LogP contribution >= 0.6 is 15.9 Å². The van der Waals surface area contributed by atoms with E-state index in [1.165, 1.54) is 6.07 Å². The third-order valence-corrected chi connectivity index (χ3v) is 3.05. The molecule has 0 bridgehead atoms. The van der Waals surface area contributed by atoms with Crippen LogP contribution in [-0.2, 0) is 6.42 Å². The number of rotatable bonds is 5. The predicted octanol–water partition coefficient (Wildman–Crippen LogP) is 3.65. The average molecular weight is 274 g/mol. The van der Waals surface area contributed by atoms with E-state index in [9.17, 15) is 4.39 Å². The maximum absolute atomic E-state index is 12.9. The maximum Gasteiger partial charge on any atom is 0.137 e. The smallest absolute Gasteiger partial charge is 0.137 e. The normalized spacial score (nSPS) is 12.8. The fourth-order valence-electron chi connectivity index (χ4n) is 1.56. The van der Waals surface area contributed by atoms with Crippen molar-refractivity contribution in [1.82, 2.24) is 0 Å². The van der Waals surface area contributed by atoms with Crippen LogP contribution in [0.2, 0.25) is 0 Å². The highest BCUT2D eigenvalue weighted by atomic mass is 79.9. The van der Waals surface area contributed by atoms with Crippen molar-refractivity contribution in [3.8, 4) is 0 Å². The summed E-state index contributed by atoms with van der Waals surface area (Å²) in [4.78, 5) is 0. The molecule has 1 nitrogen and oxygen atoms in total. The molecule has 84 valence electrons. The molecule has 0 aliphatic rings. The lowest BCUT2D eigenvalue weighted by Crippen LogP contribution is -2.20. The van der Waals surface area contributed by atoms with E-state index in [0.29, 0.717) is 4.47 Å². The number of aryl methyl sites for hydroxylation is 1. The molecule has 0 aliphatic heterocycles. The highest BCUT2D eigenvalue weighted by Crippen LogP contribution is 2.18. The molecule has 1 unspecified atom stereocenters. The van der Waals surface area contributed by atoms with Gasteiger partial charge < -0.3 is 5.73 Å². The van der Waals surface area contributed by atoms with Crippen molar-refractivity contribution in [3.05, 3.63) is 34.1 Å². The summed E-state index contributed by atoms with van der Waals surface area (Å²) in [6.07, 6.45) is 4.06. The van der Waals surface area contributed by atoms with Gasteiger partial charge in [-0.25, -0.2) is 4.39 Å². The third-order valence-electron chi connectivity index (χ3n) is 2.45. The fraction of sp³-hybridized carbons (Fsp3) is 0.500. The topological polar surface area (TPSA) is 26.0 Å². The first kappa shape index (κ1) is 12.7. The van der Waals surface area contributed by atoms with Crippen molar-refractivity contribution in [2.45, 2.75) is 38.6 Å². The number of benzene rings is 1. The van der Waals surface area contributed by atoms with Crippen molar-refractivity contribution >= 4 is 15.9 Å². The molecule has 1 aromatic carbocycles. The van der Waals surface area contributed by atoms with E-state index in [1.807, 2.05) is 12.1 Å². The van der Waals surface area contributed by atoms with Gasteiger partial charge in [-0.15, -0.1) is 0 Å².